The first-order valence-electron chi connectivity index (χ1n) is 9.37. The molecule has 0 unspecified atom stereocenters. The first-order valence-corrected chi connectivity index (χ1v) is 10.2. The molecule has 4 rings (SSSR count). The van der Waals surface area contributed by atoms with Gasteiger partial charge in [0, 0.05) is 29.1 Å². The van der Waals surface area contributed by atoms with Crippen LogP contribution >= 0.6 is 15.9 Å². The molecule has 30 heavy (non-hydrogen) atoms. The highest BCUT2D eigenvalue weighted by Gasteiger charge is 2.03. The SMILES string of the molecule is O=C(C=Cc1ccc(OCc2ccccn2)cc1)NCc1cn2cc(Br)ccc2n1. The van der Waals surface area contributed by atoms with Crippen molar-refractivity contribution in [3.8, 4) is 5.75 Å². The van der Waals surface area contributed by atoms with E-state index in [-0.39, 0.29) is 5.91 Å². The topological polar surface area (TPSA) is 68.5 Å². The quantitative estimate of drug-likeness (QED) is 0.413. The molecular weight excluding hydrogens is 444 g/mol. The number of nitrogens with one attached hydrogen (secondary N) is 1. The van der Waals surface area contributed by atoms with Gasteiger partial charge >= 0.3 is 0 Å². The summed E-state index contributed by atoms with van der Waals surface area (Å²) in [7, 11) is 0. The lowest BCUT2D eigenvalue weighted by Gasteiger charge is -2.05. The number of hydrogen-bond donors (Lipinski definition) is 1. The number of benzene rings is 1. The highest BCUT2D eigenvalue weighted by atomic mass is 79.9. The number of ether oxygens (including phenoxy) is 1. The number of carbonyl (C=O) groups excluding carboxylic acids is 1. The molecule has 1 aromatic carbocycles. The van der Waals surface area contributed by atoms with Crippen LogP contribution in [-0.2, 0) is 17.9 Å². The van der Waals surface area contributed by atoms with Gasteiger partial charge in [-0.1, -0.05) is 18.2 Å². The van der Waals surface area contributed by atoms with Crippen LogP contribution in [0.1, 0.15) is 17.0 Å². The summed E-state index contributed by atoms with van der Waals surface area (Å²) in [5.41, 5.74) is 3.41. The second-order valence-corrected chi connectivity index (χ2v) is 7.49. The summed E-state index contributed by atoms with van der Waals surface area (Å²) in [5.74, 6) is 0.574. The molecule has 0 bridgehead atoms. The number of carbonyl (C=O) groups is 1. The van der Waals surface area contributed by atoms with Crippen LogP contribution in [0.25, 0.3) is 11.7 Å². The third-order valence-corrected chi connectivity index (χ3v) is 4.80. The molecule has 6 nitrogen and oxygen atoms in total. The van der Waals surface area contributed by atoms with Crippen molar-refractivity contribution in [3.05, 3.63) is 101 Å². The van der Waals surface area contributed by atoms with Crippen molar-refractivity contribution >= 4 is 33.6 Å². The molecule has 0 radical (unpaired) electrons. The average molecular weight is 463 g/mol. The van der Waals surface area contributed by atoms with Crippen molar-refractivity contribution in [3.63, 3.8) is 0 Å². The largest absolute Gasteiger partial charge is 0.487 e. The van der Waals surface area contributed by atoms with E-state index in [1.807, 2.05) is 71.4 Å². The Labute approximate surface area is 182 Å². The van der Waals surface area contributed by atoms with Gasteiger partial charge < -0.3 is 14.5 Å². The summed E-state index contributed by atoms with van der Waals surface area (Å²) >= 11 is 3.43. The molecule has 3 heterocycles. The number of hydrogen-bond acceptors (Lipinski definition) is 4. The molecule has 1 amide bonds. The van der Waals surface area contributed by atoms with E-state index in [1.54, 1.807) is 12.3 Å². The number of imidazole rings is 1. The standard InChI is InChI=1S/C23H19BrN4O2/c24-18-7-10-22-27-20(15-28(22)14-18)13-26-23(29)11-6-17-4-8-21(9-5-17)30-16-19-3-1-2-12-25-19/h1-12,14-15H,13,16H2,(H,26,29). The lowest BCUT2D eigenvalue weighted by Crippen LogP contribution is -2.20. The normalized spacial score (nSPS) is 11.1. The van der Waals surface area contributed by atoms with Gasteiger partial charge in [0.1, 0.15) is 18.0 Å². The van der Waals surface area contributed by atoms with Crippen molar-refractivity contribution in [2.45, 2.75) is 13.2 Å². The molecule has 4 aromatic rings. The fourth-order valence-electron chi connectivity index (χ4n) is 2.83. The molecule has 7 heteroatoms. The van der Waals surface area contributed by atoms with Crippen LogP contribution in [0.15, 0.2) is 83.7 Å². The van der Waals surface area contributed by atoms with E-state index in [9.17, 15) is 4.79 Å². The molecule has 0 saturated heterocycles. The number of amides is 1. The van der Waals surface area contributed by atoms with E-state index in [4.69, 9.17) is 4.74 Å². The number of halogens is 1. The van der Waals surface area contributed by atoms with Gasteiger partial charge in [-0.2, -0.15) is 0 Å². The summed E-state index contributed by atoms with van der Waals surface area (Å²) in [6.45, 7) is 0.779. The highest BCUT2D eigenvalue weighted by molar-refractivity contribution is 9.10. The monoisotopic (exact) mass is 462 g/mol. The van der Waals surface area contributed by atoms with Gasteiger partial charge in [-0.25, -0.2) is 4.98 Å². The smallest absolute Gasteiger partial charge is 0.244 e. The molecular formula is C23H19BrN4O2. The Morgan fingerprint density at radius 3 is 2.73 bits per heavy atom. The third-order valence-electron chi connectivity index (χ3n) is 4.33. The van der Waals surface area contributed by atoms with Crippen molar-refractivity contribution in [1.29, 1.82) is 0 Å². The number of rotatable bonds is 7. The van der Waals surface area contributed by atoms with Gasteiger partial charge in [-0.05, 0) is 64.0 Å². The first kappa shape index (κ1) is 19.8. The van der Waals surface area contributed by atoms with E-state index in [0.717, 1.165) is 32.8 Å². The van der Waals surface area contributed by atoms with Crippen molar-refractivity contribution in [2.24, 2.45) is 0 Å². The second kappa shape index (κ2) is 9.37. The Bertz CT molecular complexity index is 1170. The van der Waals surface area contributed by atoms with Gasteiger partial charge in [0.15, 0.2) is 0 Å². The van der Waals surface area contributed by atoms with Crippen molar-refractivity contribution < 1.29 is 9.53 Å². The van der Waals surface area contributed by atoms with Crippen LogP contribution in [0, 0.1) is 0 Å². The fourth-order valence-corrected chi connectivity index (χ4v) is 3.18. The maximum atomic E-state index is 12.1. The van der Waals surface area contributed by atoms with E-state index < -0.39 is 0 Å². The molecule has 0 aliphatic heterocycles. The predicted molar refractivity (Wildman–Crippen MR) is 119 cm³/mol. The summed E-state index contributed by atoms with van der Waals surface area (Å²) in [6, 6.07) is 17.1. The Morgan fingerprint density at radius 2 is 1.93 bits per heavy atom. The lowest BCUT2D eigenvalue weighted by atomic mass is 10.2. The van der Waals surface area contributed by atoms with Gasteiger partial charge in [-0.3, -0.25) is 9.78 Å². The van der Waals surface area contributed by atoms with E-state index >= 15 is 0 Å². The predicted octanol–water partition coefficient (Wildman–Crippen LogP) is 4.40. The van der Waals surface area contributed by atoms with Gasteiger partial charge in [-0.15, -0.1) is 0 Å². The molecule has 0 saturated carbocycles. The minimum atomic E-state index is -0.177. The zero-order valence-electron chi connectivity index (χ0n) is 16.0. The zero-order valence-corrected chi connectivity index (χ0v) is 17.6. The number of nitrogens with zero attached hydrogens (tertiary/aromatic N) is 3. The zero-order chi connectivity index (χ0) is 20.8. The van der Waals surface area contributed by atoms with Crippen LogP contribution in [-0.4, -0.2) is 20.3 Å². The van der Waals surface area contributed by atoms with Gasteiger partial charge in [0.05, 0.1) is 17.9 Å². The summed E-state index contributed by atoms with van der Waals surface area (Å²) in [5, 5.41) is 2.85. The first-order chi connectivity index (χ1) is 14.7. The molecule has 0 aliphatic carbocycles. The highest BCUT2D eigenvalue weighted by Crippen LogP contribution is 2.15. The Morgan fingerprint density at radius 1 is 1.07 bits per heavy atom. The van der Waals surface area contributed by atoms with Crippen molar-refractivity contribution in [2.75, 3.05) is 0 Å². The van der Waals surface area contributed by atoms with Gasteiger partial charge in [0.25, 0.3) is 0 Å². The number of aromatic nitrogens is 3. The average Bonchev–Trinajstić information content (AvgIpc) is 3.18. The minimum Gasteiger partial charge on any atom is -0.487 e. The fraction of sp³-hybridized carbons (Fsp3) is 0.0870. The molecule has 3 aromatic heterocycles. The Balaban J connectivity index is 1.27. The molecule has 0 aliphatic rings. The van der Waals surface area contributed by atoms with Crippen LogP contribution in [0.4, 0.5) is 0 Å². The Hall–Kier alpha value is -3.45. The summed E-state index contributed by atoms with van der Waals surface area (Å²) < 4.78 is 8.60. The van der Waals surface area contributed by atoms with Crippen molar-refractivity contribution in [1.82, 2.24) is 19.7 Å². The molecule has 150 valence electrons. The van der Waals surface area contributed by atoms with Gasteiger partial charge in [0.2, 0.25) is 5.91 Å². The lowest BCUT2D eigenvalue weighted by molar-refractivity contribution is -0.116. The molecule has 0 fully saturated rings. The summed E-state index contributed by atoms with van der Waals surface area (Å²) in [6.07, 6.45) is 8.84. The maximum absolute atomic E-state index is 12.1. The van der Waals surface area contributed by atoms with E-state index in [0.29, 0.717) is 13.2 Å². The van der Waals surface area contributed by atoms with Crippen LogP contribution in [0.3, 0.4) is 0 Å². The number of pyridine rings is 2. The third kappa shape index (κ3) is 5.33. The second-order valence-electron chi connectivity index (χ2n) is 6.57. The molecule has 0 spiro atoms. The van der Waals surface area contributed by atoms with Crippen LogP contribution in [0.2, 0.25) is 0 Å². The summed E-state index contributed by atoms with van der Waals surface area (Å²) in [4.78, 5) is 20.8. The molecule has 1 N–H and O–H groups in total. The van der Waals surface area contributed by atoms with Crippen LogP contribution in [0.5, 0.6) is 5.75 Å². The van der Waals surface area contributed by atoms with Crippen LogP contribution < -0.4 is 10.1 Å². The maximum Gasteiger partial charge on any atom is 0.244 e. The number of fused-ring (bicyclic) bond motifs is 1. The van der Waals surface area contributed by atoms with E-state index in [1.165, 1.54) is 6.08 Å². The molecule has 0 atom stereocenters. The van der Waals surface area contributed by atoms with E-state index in [2.05, 4.69) is 31.2 Å². The Kier molecular flexibility index (Phi) is 6.20. The minimum absolute atomic E-state index is 0.177.